The molecule has 3 unspecified atom stereocenters. The van der Waals surface area contributed by atoms with Crippen LogP contribution in [0.2, 0.25) is 0 Å². The van der Waals surface area contributed by atoms with Gasteiger partial charge < -0.3 is 0 Å². The molecule has 3 fully saturated rings. The van der Waals surface area contributed by atoms with Gasteiger partial charge in [-0.15, -0.1) is 0 Å². The van der Waals surface area contributed by atoms with E-state index in [-0.39, 0.29) is 0 Å². The Morgan fingerprint density at radius 2 is 1.04 bits per heavy atom. The summed E-state index contributed by atoms with van der Waals surface area (Å²) in [5.41, 5.74) is 0. The molecular weight excluding hydrogens is 276 g/mol. The zero-order chi connectivity index (χ0) is 16.2. The first-order chi connectivity index (χ1) is 11.1. The molecule has 134 valence electrons. The summed E-state index contributed by atoms with van der Waals surface area (Å²) in [4.78, 5) is 0. The Kier molecular flexibility index (Phi) is 6.50. The molecule has 0 saturated heterocycles. The van der Waals surface area contributed by atoms with Gasteiger partial charge >= 0.3 is 0 Å². The molecule has 0 bridgehead atoms. The van der Waals surface area contributed by atoms with Crippen molar-refractivity contribution in [2.45, 2.75) is 104 Å². The van der Waals surface area contributed by atoms with Gasteiger partial charge in [-0.2, -0.15) is 0 Å². The minimum atomic E-state index is 0.984. The molecule has 0 aromatic heterocycles. The van der Waals surface area contributed by atoms with E-state index in [1.807, 2.05) is 0 Å². The molecule has 0 aliphatic heterocycles. The summed E-state index contributed by atoms with van der Waals surface area (Å²) in [5.74, 6) is 7.35. The summed E-state index contributed by atoms with van der Waals surface area (Å²) in [7, 11) is 0. The molecule has 0 amide bonds. The Bertz CT molecular complexity index is 330. The van der Waals surface area contributed by atoms with Crippen molar-refractivity contribution in [3.8, 4) is 0 Å². The molecule has 0 spiro atoms. The molecule has 0 N–H and O–H groups in total. The van der Waals surface area contributed by atoms with E-state index in [1.54, 1.807) is 51.4 Å². The number of hydrogen-bond acceptors (Lipinski definition) is 0. The lowest BCUT2D eigenvalue weighted by atomic mass is 9.68. The van der Waals surface area contributed by atoms with E-state index < -0.39 is 0 Å². The van der Waals surface area contributed by atoms with Crippen LogP contribution in [0.3, 0.4) is 0 Å². The SMILES string of the molecule is CC1CCC(C2CCC(CCC3CCC(C)C(C)C3)CC2)CC1. The number of hydrogen-bond donors (Lipinski definition) is 0. The van der Waals surface area contributed by atoms with E-state index in [1.165, 1.54) is 32.1 Å². The lowest BCUT2D eigenvalue weighted by molar-refractivity contribution is 0.138. The fraction of sp³-hybridized carbons (Fsp3) is 1.00. The van der Waals surface area contributed by atoms with Crippen LogP contribution in [0.1, 0.15) is 104 Å². The van der Waals surface area contributed by atoms with Gasteiger partial charge in [0.2, 0.25) is 0 Å². The van der Waals surface area contributed by atoms with Crippen molar-refractivity contribution in [3.63, 3.8) is 0 Å². The van der Waals surface area contributed by atoms with Crippen LogP contribution in [-0.4, -0.2) is 0 Å². The summed E-state index contributed by atoms with van der Waals surface area (Å²) >= 11 is 0. The van der Waals surface area contributed by atoms with Gasteiger partial charge in [-0.25, -0.2) is 0 Å². The van der Waals surface area contributed by atoms with E-state index in [2.05, 4.69) is 20.8 Å². The van der Waals surface area contributed by atoms with Crippen LogP contribution in [0.5, 0.6) is 0 Å². The lowest BCUT2D eigenvalue weighted by Crippen LogP contribution is -2.26. The third-order valence-electron chi connectivity index (χ3n) is 8.31. The molecule has 0 radical (unpaired) electrons. The minimum absolute atomic E-state index is 0.984. The molecule has 3 atom stereocenters. The van der Waals surface area contributed by atoms with Gasteiger partial charge in [0.25, 0.3) is 0 Å². The molecule has 3 saturated carbocycles. The second-order valence-corrected chi connectivity index (χ2v) is 10.0. The van der Waals surface area contributed by atoms with Crippen molar-refractivity contribution in [1.29, 1.82) is 0 Å². The molecular formula is C23H42. The highest BCUT2D eigenvalue weighted by Crippen LogP contribution is 2.43. The Balaban J connectivity index is 1.33. The second-order valence-electron chi connectivity index (χ2n) is 10.0. The first-order valence-corrected chi connectivity index (χ1v) is 11.1. The zero-order valence-corrected chi connectivity index (χ0v) is 16.2. The van der Waals surface area contributed by atoms with E-state index in [0.29, 0.717) is 0 Å². The van der Waals surface area contributed by atoms with Gasteiger partial charge in [0.15, 0.2) is 0 Å². The van der Waals surface area contributed by atoms with Crippen molar-refractivity contribution < 1.29 is 0 Å². The number of rotatable bonds is 4. The van der Waals surface area contributed by atoms with E-state index in [9.17, 15) is 0 Å². The molecule has 0 aromatic rings. The molecule has 3 rings (SSSR count). The van der Waals surface area contributed by atoms with Crippen molar-refractivity contribution in [1.82, 2.24) is 0 Å². The highest BCUT2D eigenvalue weighted by Gasteiger charge is 2.30. The Labute approximate surface area is 146 Å². The maximum Gasteiger partial charge on any atom is -0.0386 e. The Morgan fingerprint density at radius 1 is 0.522 bits per heavy atom. The first kappa shape index (κ1) is 17.8. The van der Waals surface area contributed by atoms with Crippen LogP contribution in [0.15, 0.2) is 0 Å². The zero-order valence-electron chi connectivity index (χ0n) is 16.2. The fourth-order valence-corrected chi connectivity index (χ4v) is 6.10. The summed E-state index contributed by atoms with van der Waals surface area (Å²) in [5, 5.41) is 0. The first-order valence-electron chi connectivity index (χ1n) is 11.1. The van der Waals surface area contributed by atoms with Gasteiger partial charge in [0.1, 0.15) is 0 Å². The molecule has 0 aromatic carbocycles. The predicted molar refractivity (Wildman–Crippen MR) is 101 cm³/mol. The van der Waals surface area contributed by atoms with Crippen molar-refractivity contribution >= 4 is 0 Å². The van der Waals surface area contributed by atoms with Crippen LogP contribution in [0, 0.1) is 41.4 Å². The van der Waals surface area contributed by atoms with Gasteiger partial charge in [0, 0.05) is 0 Å². The normalized spacial score (nSPS) is 45.8. The quantitative estimate of drug-likeness (QED) is 0.504. The van der Waals surface area contributed by atoms with Gasteiger partial charge in [-0.05, 0) is 73.5 Å². The fourth-order valence-electron chi connectivity index (χ4n) is 6.10. The van der Waals surface area contributed by atoms with Gasteiger partial charge in [0.05, 0.1) is 0 Å². The highest BCUT2D eigenvalue weighted by molar-refractivity contribution is 4.82. The highest BCUT2D eigenvalue weighted by atomic mass is 14.4. The van der Waals surface area contributed by atoms with Crippen LogP contribution in [0.25, 0.3) is 0 Å². The largest absolute Gasteiger partial charge is 0.0625 e. The maximum absolute atomic E-state index is 2.49. The van der Waals surface area contributed by atoms with Crippen molar-refractivity contribution in [2.75, 3.05) is 0 Å². The van der Waals surface area contributed by atoms with Crippen LogP contribution < -0.4 is 0 Å². The van der Waals surface area contributed by atoms with Gasteiger partial charge in [-0.3, -0.25) is 0 Å². The summed E-state index contributed by atoms with van der Waals surface area (Å²) in [6.07, 6.45) is 20.1. The topological polar surface area (TPSA) is 0 Å². The van der Waals surface area contributed by atoms with E-state index in [0.717, 1.165) is 41.4 Å². The van der Waals surface area contributed by atoms with Crippen molar-refractivity contribution in [3.05, 3.63) is 0 Å². The molecule has 23 heavy (non-hydrogen) atoms. The monoisotopic (exact) mass is 318 g/mol. The van der Waals surface area contributed by atoms with Crippen molar-refractivity contribution in [2.24, 2.45) is 41.4 Å². The predicted octanol–water partition coefficient (Wildman–Crippen LogP) is 7.47. The van der Waals surface area contributed by atoms with E-state index >= 15 is 0 Å². The molecule has 0 heterocycles. The minimum Gasteiger partial charge on any atom is -0.0625 e. The average Bonchev–Trinajstić information content (AvgIpc) is 2.57. The van der Waals surface area contributed by atoms with Crippen LogP contribution in [0.4, 0.5) is 0 Å². The second kappa shape index (κ2) is 8.39. The third-order valence-corrected chi connectivity index (χ3v) is 8.31. The van der Waals surface area contributed by atoms with Gasteiger partial charge in [-0.1, -0.05) is 72.1 Å². The Morgan fingerprint density at radius 3 is 1.65 bits per heavy atom. The smallest absolute Gasteiger partial charge is 0.0386 e. The standard InChI is InChI=1S/C23H42/c1-17-4-12-22(13-5-17)23-14-10-20(11-15-23)8-9-21-7-6-18(2)19(3)16-21/h17-23H,4-16H2,1-3H3. The summed E-state index contributed by atoms with van der Waals surface area (Å²) < 4.78 is 0. The average molecular weight is 319 g/mol. The van der Waals surface area contributed by atoms with Crippen LogP contribution >= 0.6 is 0 Å². The Hall–Kier alpha value is 0. The van der Waals surface area contributed by atoms with E-state index in [4.69, 9.17) is 0 Å². The molecule has 3 aliphatic rings. The lowest BCUT2D eigenvalue weighted by Gasteiger charge is -2.38. The molecule has 3 aliphatic carbocycles. The summed E-state index contributed by atoms with van der Waals surface area (Å²) in [6.45, 7) is 7.42. The molecule has 0 heteroatoms. The summed E-state index contributed by atoms with van der Waals surface area (Å²) in [6, 6.07) is 0. The molecule has 0 nitrogen and oxygen atoms in total. The van der Waals surface area contributed by atoms with Crippen LogP contribution in [-0.2, 0) is 0 Å². The third kappa shape index (κ3) is 4.99. The maximum atomic E-state index is 2.49.